The molecule has 4 heteroatoms. The fourth-order valence-electron chi connectivity index (χ4n) is 1.25. The molecule has 2 N–H and O–H groups in total. The van der Waals surface area contributed by atoms with Crippen LogP contribution in [0.5, 0.6) is 0 Å². The average Bonchev–Trinajstić information content (AvgIpc) is 2.49. The lowest BCUT2D eigenvalue weighted by atomic mass is 9.96. The molecule has 0 amide bonds. The zero-order valence-electron chi connectivity index (χ0n) is 7.53. The number of ether oxygens (including phenoxy) is 1. The van der Waals surface area contributed by atoms with Gasteiger partial charge in [0.15, 0.2) is 0 Å². The van der Waals surface area contributed by atoms with Gasteiger partial charge in [-0.1, -0.05) is 0 Å². The highest BCUT2D eigenvalue weighted by Gasteiger charge is 2.17. The Morgan fingerprint density at radius 1 is 1.62 bits per heavy atom. The van der Waals surface area contributed by atoms with Gasteiger partial charge in [-0.2, -0.15) is 0 Å². The van der Waals surface area contributed by atoms with Crippen LogP contribution in [0, 0.1) is 0 Å². The van der Waals surface area contributed by atoms with Crippen LogP contribution in [0.4, 0.5) is 0 Å². The Balaban J connectivity index is 1.79. The molecule has 1 aliphatic carbocycles. The van der Waals surface area contributed by atoms with Gasteiger partial charge in [-0.3, -0.25) is 0 Å². The molecule has 2 rings (SSSR count). The maximum absolute atomic E-state index is 5.63. The van der Waals surface area contributed by atoms with Gasteiger partial charge in [-0.05, 0) is 19.3 Å². The molecular weight excluding hydrogens is 184 g/mol. The summed E-state index contributed by atoms with van der Waals surface area (Å²) in [6.45, 7) is 1.19. The predicted molar refractivity (Wildman–Crippen MR) is 52.4 cm³/mol. The van der Waals surface area contributed by atoms with Gasteiger partial charge in [-0.15, -0.1) is 11.3 Å². The van der Waals surface area contributed by atoms with Crippen molar-refractivity contribution in [3.63, 3.8) is 0 Å². The van der Waals surface area contributed by atoms with Crippen molar-refractivity contribution >= 4 is 11.3 Å². The molecule has 0 unspecified atom stereocenters. The van der Waals surface area contributed by atoms with Crippen molar-refractivity contribution in [2.24, 2.45) is 5.73 Å². The first-order valence-electron chi connectivity index (χ1n) is 4.63. The minimum Gasteiger partial charge on any atom is -0.372 e. The average molecular weight is 198 g/mol. The number of hydrogen-bond acceptors (Lipinski definition) is 4. The van der Waals surface area contributed by atoms with Gasteiger partial charge < -0.3 is 10.5 Å². The third kappa shape index (κ3) is 2.27. The summed E-state index contributed by atoms with van der Waals surface area (Å²) in [5.41, 5.74) is 6.49. The van der Waals surface area contributed by atoms with Crippen molar-refractivity contribution in [2.75, 3.05) is 0 Å². The number of nitrogens with zero attached hydrogens (tertiary/aromatic N) is 1. The van der Waals surface area contributed by atoms with Gasteiger partial charge >= 0.3 is 0 Å². The summed E-state index contributed by atoms with van der Waals surface area (Å²) in [4.78, 5) is 4.33. The van der Waals surface area contributed by atoms with Crippen LogP contribution in [0.1, 0.15) is 30.0 Å². The molecule has 0 saturated heterocycles. The minimum atomic E-state index is 0.489. The SMILES string of the molecule is NCc1nc(COC2CCC2)cs1. The van der Waals surface area contributed by atoms with Crippen LogP contribution in [-0.2, 0) is 17.9 Å². The molecule has 0 aromatic carbocycles. The lowest BCUT2D eigenvalue weighted by Crippen LogP contribution is -2.21. The van der Waals surface area contributed by atoms with E-state index in [1.54, 1.807) is 11.3 Å². The van der Waals surface area contributed by atoms with E-state index in [1.165, 1.54) is 19.3 Å². The van der Waals surface area contributed by atoms with E-state index in [0.717, 1.165) is 10.7 Å². The van der Waals surface area contributed by atoms with Crippen molar-refractivity contribution in [3.05, 3.63) is 16.1 Å². The lowest BCUT2D eigenvalue weighted by molar-refractivity contribution is -0.00992. The summed E-state index contributed by atoms with van der Waals surface area (Å²) in [6.07, 6.45) is 4.24. The van der Waals surface area contributed by atoms with E-state index in [-0.39, 0.29) is 0 Å². The van der Waals surface area contributed by atoms with Gasteiger partial charge in [0.2, 0.25) is 0 Å². The number of hydrogen-bond donors (Lipinski definition) is 1. The van der Waals surface area contributed by atoms with E-state index in [0.29, 0.717) is 19.3 Å². The fraction of sp³-hybridized carbons (Fsp3) is 0.667. The maximum atomic E-state index is 5.63. The first kappa shape index (κ1) is 9.12. The second-order valence-corrected chi connectivity index (χ2v) is 4.24. The van der Waals surface area contributed by atoms with Crippen molar-refractivity contribution in [1.29, 1.82) is 0 Å². The molecule has 13 heavy (non-hydrogen) atoms. The van der Waals surface area contributed by atoms with Gasteiger partial charge in [0.25, 0.3) is 0 Å². The van der Waals surface area contributed by atoms with E-state index in [2.05, 4.69) is 4.98 Å². The summed E-state index contributed by atoms with van der Waals surface area (Å²) >= 11 is 1.61. The molecule has 1 aromatic rings. The molecule has 0 atom stereocenters. The highest BCUT2D eigenvalue weighted by Crippen LogP contribution is 2.23. The standard InChI is InChI=1S/C9H14N2OS/c10-4-9-11-7(6-13-9)5-12-8-2-1-3-8/h6,8H,1-5,10H2. The maximum Gasteiger partial charge on any atom is 0.107 e. The van der Waals surface area contributed by atoms with Crippen molar-refractivity contribution in [2.45, 2.75) is 38.5 Å². The number of aromatic nitrogens is 1. The highest BCUT2D eigenvalue weighted by molar-refractivity contribution is 7.09. The van der Waals surface area contributed by atoms with Crippen molar-refractivity contribution < 1.29 is 4.74 Å². The molecule has 1 heterocycles. The Labute approximate surface area is 81.9 Å². The predicted octanol–water partition coefficient (Wildman–Crippen LogP) is 1.67. The first-order chi connectivity index (χ1) is 6.38. The van der Waals surface area contributed by atoms with E-state index >= 15 is 0 Å². The summed E-state index contributed by atoms with van der Waals surface area (Å²) in [5.74, 6) is 0. The molecule has 3 nitrogen and oxygen atoms in total. The zero-order valence-corrected chi connectivity index (χ0v) is 8.35. The Morgan fingerprint density at radius 2 is 2.46 bits per heavy atom. The van der Waals surface area contributed by atoms with Crippen LogP contribution < -0.4 is 5.73 Å². The van der Waals surface area contributed by atoms with Crippen molar-refractivity contribution in [1.82, 2.24) is 4.98 Å². The molecule has 1 aromatic heterocycles. The normalized spacial score (nSPS) is 17.3. The summed E-state index contributed by atoms with van der Waals surface area (Å²) in [6, 6.07) is 0. The molecule has 72 valence electrons. The second-order valence-electron chi connectivity index (χ2n) is 3.30. The van der Waals surface area contributed by atoms with E-state index in [9.17, 15) is 0 Å². The molecule has 0 spiro atoms. The molecule has 0 bridgehead atoms. The van der Waals surface area contributed by atoms with Crippen LogP contribution in [-0.4, -0.2) is 11.1 Å². The van der Waals surface area contributed by atoms with Crippen LogP contribution in [0.2, 0.25) is 0 Å². The molecular formula is C9H14N2OS. The Hall–Kier alpha value is -0.450. The quantitative estimate of drug-likeness (QED) is 0.800. The Morgan fingerprint density at radius 3 is 3.00 bits per heavy atom. The molecule has 1 saturated carbocycles. The lowest BCUT2D eigenvalue weighted by Gasteiger charge is -2.24. The smallest absolute Gasteiger partial charge is 0.107 e. The summed E-state index contributed by atoms with van der Waals surface area (Å²) in [5, 5.41) is 3.02. The van der Waals surface area contributed by atoms with E-state index in [1.807, 2.05) is 5.38 Å². The minimum absolute atomic E-state index is 0.489. The van der Waals surface area contributed by atoms with E-state index in [4.69, 9.17) is 10.5 Å². The second kappa shape index (κ2) is 4.17. The molecule has 0 aliphatic heterocycles. The summed E-state index contributed by atoms with van der Waals surface area (Å²) in [7, 11) is 0. The van der Waals surface area contributed by atoms with Gasteiger partial charge in [-0.25, -0.2) is 4.98 Å². The van der Waals surface area contributed by atoms with Crippen LogP contribution in [0.3, 0.4) is 0 Å². The number of nitrogens with two attached hydrogens (primary N) is 1. The fourth-order valence-corrected chi connectivity index (χ4v) is 1.91. The molecule has 0 radical (unpaired) electrons. The first-order valence-corrected chi connectivity index (χ1v) is 5.51. The topological polar surface area (TPSA) is 48.1 Å². The van der Waals surface area contributed by atoms with Gasteiger partial charge in [0.1, 0.15) is 5.01 Å². The van der Waals surface area contributed by atoms with Crippen LogP contribution in [0.25, 0.3) is 0 Å². The highest BCUT2D eigenvalue weighted by atomic mass is 32.1. The van der Waals surface area contributed by atoms with Crippen LogP contribution in [0.15, 0.2) is 5.38 Å². The monoisotopic (exact) mass is 198 g/mol. The Kier molecular flexibility index (Phi) is 2.93. The largest absolute Gasteiger partial charge is 0.372 e. The van der Waals surface area contributed by atoms with E-state index < -0.39 is 0 Å². The third-order valence-corrected chi connectivity index (χ3v) is 3.21. The number of thiazole rings is 1. The van der Waals surface area contributed by atoms with Crippen molar-refractivity contribution in [3.8, 4) is 0 Å². The van der Waals surface area contributed by atoms with Crippen LogP contribution >= 0.6 is 11.3 Å². The Bertz CT molecular complexity index is 270. The third-order valence-electron chi connectivity index (χ3n) is 2.29. The zero-order chi connectivity index (χ0) is 9.10. The van der Waals surface area contributed by atoms with Gasteiger partial charge in [0, 0.05) is 11.9 Å². The number of rotatable bonds is 4. The molecule has 1 fully saturated rings. The summed E-state index contributed by atoms with van der Waals surface area (Å²) < 4.78 is 5.63. The van der Waals surface area contributed by atoms with Gasteiger partial charge in [0.05, 0.1) is 18.4 Å². The molecule has 1 aliphatic rings.